The Hall–Kier alpha value is -2.47. The summed E-state index contributed by atoms with van der Waals surface area (Å²) in [5.74, 6) is 0.309. The lowest BCUT2D eigenvalue weighted by atomic mass is 10.1. The summed E-state index contributed by atoms with van der Waals surface area (Å²) in [5.41, 5.74) is 1.24. The number of aromatic nitrogens is 2. The molecule has 1 atom stereocenters. The summed E-state index contributed by atoms with van der Waals surface area (Å²) in [5, 5.41) is 20.4. The summed E-state index contributed by atoms with van der Waals surface area (Å²) in [7, 11) is 3.32. The Bertz CT molecular complexity index is 584. The van der Waals surface area contributed by atoms with Crippen LogP contribution in [0.2, 0.25) is 0 Å². The van der Waals surface area contributed by atoms with E-state index < -0.39 is 0 Å². The highest BCUT2D eigenvalue weighted by molar-refractivity contribution is 5.91. The fourth-order valence-electron chi connectivity index (χ4n) is 1.85. The summed E-state index contributed by atoms with van der Waals surface area (Å²) >= 11 is 0. The average Bonchev–Trinajstić information content (AvgIpc) is 2.53. The minimum atomic E-state index is -0.268. The van der Waals surface area contributed by atoms with E-state index in [1.807, 2.05) is 30.3 Å². The van der Waals surface area contributed by atoms with Crippen molar-refractivity contribution in [3.05, 3.63) is 53.7 Å². The van der Waals surface area contributed by atoms with Crippen LogP contribution in [0.1, 0.15) is 22.1 Å². The topological polar surface area (TPSA) is 78.4 Å². The van der Waals surface area contributed by atoms with Crippen LogP contribution in [0, 0.1) is 0 Å². The number of hydrogen-bond acceptors (Lipinski definition) is 5. The van der Waals surface area contributed by atoms with Gasteiger partial charge in [-0.05, 0) is 17.7 Å². The number of nitrogens with one attached hydrogen (secondary N) is 1. The predicted octanol–water partition coefficient (Wildman–Crippen LogP) is 1.32. The second-order valence-corrected chi connectivity index (χ2v) is 4.79. The summed E-state index contributed by atoms with van der Waals surface area (Å²) in [6, 6.07) is 12.6. The van der Waals surface area contributed by atoms with E-state index in [1.165, 1.54) is 4.90 Å². The van der Waals surface area contributed by atoms with E-state index in [4.69, 9.17) is 0 Å². The minimum absolute atomic E-state index is 0.0654. The minimum Gasteiger partial charge on any atom is -0.394 e. The first-order chi connectivity index (χ1) is 10.1. The molecule has 1 aromatic heterocycles. The monoisotopic (exact) mass is 286 g/mol. The van der Waals surface area contributed by atoms with E-state index in [2.05, 4.69) is 15.5 Å². The lowest BCUT2D eigenvalue weighted by molar-refractivity contribution is 0.0821. The van der Waals surface area contributed by atoms with Gasteiger partial charge in [-0.2, -0.15) is 0 Å². The maximum absolute atomic E-state index is 11.7. The molecule has 0 spiro atoms. The molecule has 2 rings (SSSR count). The molecule has 0 saturated carbocycles. The van der Waals surface area contributed by atoms with Crippen LogP contribution in [0.25, 0.3) is 0 Å². The molecule has 0 fully saturated rings. The molecular weight excluding hydrogens is 268 g/mol. The second-order valence-electron chi connectivity index (χ2n) is 4.79. The van der Waals surface area contributed by atoms with Gasteiger partial charge < -0.3 is 15.3 Å². The molecule has 0 aliphatic heterocycles. The highest BCUT2D eigenvalue weighted by Crippen LogP contribution is 2.17. The van der Waals surface area contributed by atoms with Gasteiger partial charge in [0.1, 0.15) is 5.82 Å². The van der Waals surface area contributed by atoms with Gasteiger partial charge in [-0.15, -0.1) is 10.2 Å². The molecule has 2 N–H and O–H groups in total. The molecule has 1 amide bonds. The van der Waals surface area contributed by atoms with Gasteiger partial charge in [-0.1, -0.05) is 30.3 Å². The van der Waals surface area contributed by atoms with E-state index in [-0.39, 0.29) is 24.2 Å². The van der Waals surface area contributed by atoms with Crippen molar-refractivity contribution in [1.29, 1.82) is 0 Å². The zero-order chi connectivity index (χ0) is 15.2. The van der Waals surface area contributed by atoms with E-state index in [9.17, 15) is 9.90 Å². The molecule has 1 aromatic carbocycles. The average molecular weight is 286 g/mol. The van der Waals surface area contributed by atoms with Gasteiger partial charge in [0.15, 0.2) is 5.69 Å². The van der Waals surface area contributed by atoms with Crippen LogP contribution in [-0.4, -0.2) is 46.8 Å². The maximum Gasteiger partial charge on any atom is 0.273 e. The fraction of sp³-hybridized carbons (Fsp3) is 0.267. The first kappa shape index (κ1) is 14.9. The Morgan fingerprint density at radius 2 is 1.90 bits per heavy atom. The third-order valence-corrected chi connectivity index (χ3v) is 3.00. The van der Waals surface area contributed by atoms with Crippen LogP contribution in [0.4, 0.5) is 5.82 Å². The zero-order valence-electron chi connectivity index (χ0n) is 12.0. The van der Waals surface area contributed by atoms with E-state index in [1.54, 1.807) is 26.2 Å². The van der Waals surface area contributed by atoms with Crippen molar-refractivity contribution in [2.75, 3.05) is 26.0 Å². The number of rotatable bonds is 5. The summed E-state index contributed by atoms with van der Waals surface area (Å²) in [4.78, 5) is 13.2. The molecule has 110 valence electrons. The molecule has 0 aliphatic carbocycles. The number of carbonyl (C=O) groups is 1. The van der Waals surface area contributed by atoms with E-state index in [0.717, 1.165) is 5.56 Å². The number of amides is 1. The van der Waals surface area contributed by atoms with Gasteiger partial charge in [0.2, 0.25) is 0 Å². The molecule has 21 heavy (non-hydrogen) atoms. The Labute approximate surface area is 123 Å². The van der Waals surface area contributed by atoms with Crippen LogP contribution in [0.5, 0.6) is 0 Å². The fourth-order valence-corrected chi connectivity index (χ4v) is 1.85. The molecule has 0 radical (unpaired) electrons. The quantitative estimate of drug-likeness (QED) is 0.867. The van der Waals surface area contributed by atoms with Gasteiger partial charge >= 0.3 is 0 Å². The maximum atomic E-state index is 11.7. The SMILES string of the molecule is CN(C)C(=O)c1ccc(NC(CO)c2ccccc2)nn1. The second kappa shape index (κ2) is 6.81. The van der Waals surface area contributed by atoms with Crippen LogP contribution < -0.4 is 5.32 Å². The summed E-state index contributed by atoms with van der Waals surface area (Å²) in [6.45, 7) is -0.0654. The molecule has 0 saturated heterocycles. The summed E-state index contributed by atoms with van der Waals surface area (Å²) in [6.07, 6.45) is 0. The number of anilines is 1. The van der Waals surface area contributed by atoms with Crippen LogP contribution in [0.3, 0.4) is 0 Å². The molecule has 6 nitrogen and oxygen atoms in total. The first-order valence-corrected chi connectivity index (χ1v) is 6.59. The van der Waals surface area contributed by atoms with Crippen LogP contribution in [0.15, 0.2) is 42.5 Å². The molecule has 6 heteroatoms. The Morgan fingerprint density at radius 3 is 2.43 bits per heavy atom. The Morgan fingerprint density at radius 1 is 1.19 bits per heavy atom. The number of nitrogens with zero attached hydrogens (tertiary/aromatic N) is 3. The van der Waals surface area contributed by atoms with Crippen molar-refractivity contribution >= 4 is 11.7 Å². The van der Waals surface area contributed by atoms with Gasteiger partial charge in [0.25, 0.3) is 5.91 Å². The number of carbonyl (C=O) groups excluding carboxylic acids is 1. The van der Waals surface area contributed by atoms with Gasteiger partial charge in [0, 0.05) is 14.1 Å². The zero-order valence-corrected chi connectivity index (χ0v) is 12.0. The third kappa shape index (κ3) is 3.76. The molecule has 0 bridgehead atoms. The highest BCUT2D eigenvalue weighted by atomic mass is 16.3. The number of aliphatic hydroxyl groups excluding tert-OH is 1. The smallest absolute Gasteiger partial charge is 0.273 e. The standard InChI is InChI=1S/C15H18N4O2/c1-19(2)15(21)12-8-9-14(18-17-12)16-13(10-20)11-6-4-3-5-7-11/h3-9,13,20H,10H2,1-2H3,(H,16,18). The van der Waals surface area contributed by atoms with Crippen LogP contribution >= 0.6 is 0 Å². The van der Waals surface area contributed by atoms with E-state index >= 15 is 0 Å². The predicted molar refractivity (Wildman–Crippen MR) is 79.9 cm³/mol. The Balaban J connectivity index is 2.10. The van der Waals surface area contributed by atoms with Crippen molar-refractivity contribution in [3.8, 4) is 0 Å². The summed E-state index contributed by atoms with van der Waals surface area (Å²) < 4.78 is 0. The van der Waals surface area contributed by atoms with Crippen molar-refractivity contribution in [1.82, 2.24) is 15.1 Å². The number of hydrogen-bond donors (Lipinski definition) is 2. The third-order valence-electron chi connectivity index (χ3n) is 3.00. The van der Waals surface area contributed by atoms with Crippen molar-refractivity contribution < 1.29 is 9.90 Å². The van der Waals surface area contributed by atoms with Crippen LogP contribution in [-0.2, 0) is 0 Å². The van der Waals surface area contributed by atoms with Crippen molar-refractivity contribution in [2.45, 2.75) is 6.04 Å². The van der Waals surface area contributed by atoms with E-state index in [0.29, 0.717) is 5.82 Å². The van der Waals surface area contributed by atoms with Crippen molar-refractivity contribution in [2.24, 2.45) is 0 Å². The molecule has 1 unspecified atom stereocenters. The lowest BCUT2D eigenvalue weighted by Gasteiger charge is -2.17. The first-order valence-electron chi connectivity index (χ1n) is 6.59. The molecule has 2 aromatic rings. The van der Waals surface area contributed by atoms with Gasteiger partial charge in [-0.25, -0.2) is 0 Å². The van der Waals surface area contributed by atoms with Gasteiger partial charge in [-0.3, -0.25) is 4.79 Å². The lowest BCUT2D eigenvalue weighted by Crippen LogP contribution is -2.23. The normalized spacial score (nSPS) is 11.8. The van der Waals surface area contributed by atoms with Crippen molar-refractivity contribution in [3.63, 3.8) is 0 Å². The van der Waals surface area contributed by atoms with Gasteiger partial charge in [0.05, 0.1) is 12.6 Å². The largest absolute Gasteiger partial charge is 0.394 e. The number of benzene rings is 1. The number of aliphatic hydroxyl groups is 1. The Kier molecular flexibility index (Phi) is 4.84. The molecule has 0 aliphatic rings. The molecular formula is C15H18N4O2. The molecule has 1 heterocycles. The highest BCUT2D eigenvalue weighted by Gasteiger charge is 2.13.